The highest BCUT2D eigenvalue weighted by molar-refractivity contribution is 7.16. The van der Waals surface area contributed by atoms with E-state index in [0.717, 1.165) is 28.2 Å². The lowest BCUT2D eigenvalue weighted by Gasteiger charge is -2.09. The van der Waals surface area contributed by atoms with Gasteiger partial charge < -0.3 is 15.4 Å². The summed E-state index contributed by atoms with van der Waals surface area (Å²) >= 11 is 1.12. The first-order valence-electron chi connectivity index (χ1n) is 9.24. The zero-order valence-corrected chi connectivity index (χ0v) is 17.5. The fourth-order valence-electron chi connectivity index (χ4n) is 2.85. The number of aromatic nitrogens is 4. The first-order valence-corrected chi connectivity index (χ1v) is 10.1. The monoisotopic (exact) mass is 434 g/mol. The van der Waals surface area contributed by atoms with E-state index in [0.29, 0.717) is 27.0 Å². The van der Waals surface area contributed by atoms with E-state index in [1.54, 1.807) is 55.6 Å². The second-order valence-corrected chi connectivity index (χ2v) is 7.65. The Bertz CT molecular complexity index is 1220. The van der Waals surface area contributed by atoms with Crippen molar-refractivity contribution in [3.8, 4) is 17.1 Å². The van der Waals surface area contributed by atoms with Gasteiger partial charge in [-0.05, 0) is 72.3 Å². The van der Waals surface area contributed by atoms with Crippen LogP contribution in [0.4, 0.5) is 11.4 Å². The minimum Gasteiger partial charge on any atom is -0.497 e. The molecule has 0 saturated heterocycles. The number of benzene rings is 2. The molecule has 0 saturated carbocycles. The number of carbonyl (C=O) groups is 2. The summed E-state index contributed by atoms with van der Waals surface area (Å²) in [5.74, 6) is 0.619. The quantitative estimate of drug-likeness (QED) is 0.425. The Hall–Kier alpha value is -4.05. The Morgan fingerprint density at radius 2 is 1.68 bits per heavy atom. The smallest absolute Gasteiger partial charge is 0.265 e. The SMILES string of the molecule is COc1ccc(NC(=O)c2ccc(C(=O)Nc3ccc(-c4nn[nH]n4)cc3)s2)c(C)c1. The maximum absolute atomic E-state index is 12.6. The van der Waals surface area contributed by atoms with E-state index in [-0.39, 0.29) is 11.8 Å². The predicted octanol–water partition coefficient (Wildman–Crippen LogP) is 3.75. The molecule has 0 aliphatic rings. The standard InChI is InChI=1S/C21H18N6O3S/c1-12-11-15(30-2)7-8-16(12)23-21(29)18-10-9-17(31-18)20(28)22-14-5-3-13(4-6-14)19-24-26-27-25-19/h3-11H,1-2H3,(H,22,28)(H,23,29)(H,24,25,26,27). The van der Waals surface area contributed by atoms with Crippen LogP contribution in [-0.2, 0) is 0 Å². The van der Waals surface area contributed by atoms with Crippen LogP contribution in [0.1, 0.15) is 24.9 Å². The number of H-pyrrole nitrogens is 1. The highest BCUT2D eigenvalue weighted by atomic mass is 32.1. The van der Waals surface area contributed by atoms with Crippen molar-refractivity contribution in [1.29, 1.82) is 0 Å². The van der Waals surface area contributed by atoms with E-state index in [4.69, 9.17) is 4.74 Å². The number of nitrogens with one attached hydrogen (secondary N) is 3. The number of hydrogen-bond donors (Lipinski definition) is 3. The Labute approximate surface area is 181 Å². The van der Waals surface area contributed by atoms with Crippen molar-refractivity contribution >= 4 is 34.5 Å². The molecule has 4 rings (SSSR count). The molecular weight excluding hydrogens is 416 g/mol. The molecule has 2 heterocycles. The average molecular weight is 434 g/mol. The van der Waals surface area contributed by atoms with Crippen molar-refractivity contribution in [2.24, 2.45) is 0 Å². The van der Waals surface area contributed by atoms with Crippen LogP contribution in [0.15, 0.2) is 54.6 Å². The Kier molecular flexibility index (Phi) is 5.72. The fourth-order valence-corrected chi connectivity index (χ4v) is 3.65. The van der Waals surface area contributed by atoms with E-state index in [1.165, 1.54) is 0 Å². The molecule has 0 radical (unpaired) electrons. The number of aryl methyl sites for hydroxylation is 1. The van der Waals surface area contributed by atoms with E-state index in [2.05, 4.69) is 31.3 Å². The molecular formula is C21H18N6O3S. The van der Waals surface area contributed by atoms with Crippen LogP contribution in [0.25, 0.3) is 11.4 Å². The van der Waals surface area contributed by atoms with Gasteiger partial charge in [0.15, 0.2) is 0 Å². The van der Waals surface area contributed by atoms with Crippen molar-refractivity contribution in [1.82, 2.24) is 20.6 Å². The van der Waals surface area contributed by atoms with E-state index in [9.17, 15) is 9.59 Å². The van der Waals surface area contributed by atoms with Gasteiger partial charge in [0, 0.05) is 16.9 Å². The van der Waals surface area contributed by atoms with Gasteiger partial charge in [-0.1, -0.05) is 0 Å². The van der Waals surface area contributed by atoms with E-state index >= 15 is 0 Å². The van der Waals surface area contributed by atoms with Gasteiger partial charge in [-0.15, -0.1) is 21.5 Å². The number of hydrogen-bond acceptors (Lipinski definition) is 7. The number of anilines is 2. The number of rotatable bonds is 6. The molecule has 10 heteroatoms. The molecule has 0 fully saturated rings. The van der Waals surface area contributed by atoms with Gasteiger partial charge in [0.1, 0.15) is 5.75 Å². The summed E-state index contributed by atoms with van der Waals surface area (Å²) in [5.41, 5.74) is 2.96. The van der Waals surface area contributed by atoms with Gasteiger partial charge in [-0.25, -0.2) is 0 Å². The molecule has 0 aliphatic heterocycles. The maximum atomic E-state index is 12.6. The molecule has 2 aromatic carbocycles. The van der Waals surface area contributed by atoms with Crippen molar-refractivity contribution in [2.75, 3.05) is 17.7 Å². The Balaban J connectivity index is 1.41. The number of tetrazole rings is 1. The summed E-state index contributed by atoms with van der Waals surface area (Å²) in [6, 6.07) is 15.7. The third kappa shape index (κ3) is 4.59. The molecule has 156 valence electrons. The number of aromatic amines is 1. The number of carbonyl (C=O) groups excluding carboxylic acids is 2. The number of nitrogens with zero attached hydrogens (tertiary/aromatic N) is 3. The van der Waals surface area contributed by atoms with Crippen LogP contribution in [0.2, 0.25) is 0 Å². The molecule has 2 aromatic heterocycles. The number of thiophene rings is 1. The molecule has 0 unspecified atom stereocenters. The largest absolute Gasteiger partial charge is 0.497 e. The number of methoxy groups -OCH3 is 1. The predicted molar refractivity (Wildman–Crippen MR) is 118 cm³/mol. The van der Waals surface area contributed by atoms with Crippen LogP contribution in [0, 0.1) is 6.92 Å². The molecule has 2 amide bonds. The number of amides is 2. The third-order valence-corrected chi connectivity index (χ3v) is 5.56. The lowest BCUT2D eigenvalue weighted by Crippen LogP contribution is -2.11. The van der Waals surface area contributed by atoms with Crippen LogP contribution in [0.5, 0.6) is 5.75 Å². The van der Waals surface area contributed by atoms with E-state index < -0.39 is 0 Å². The molecule has 0 spiro atoms. The first kappa shape index (κ1) is 20.2. The van der Waals surface area contributed by atoms with Crippen LogP contribution < -0.4 is 15.4 Å². The van der Waals surface area contributed by atoms with Gasteiger partial charge in [0.05, 0.1) is 16.9 Å². The van der Waals surface area contributed by atoms with Crippen LogP contribution in [-0.4, -0.2) is 39.5 Å². The highest BCUT2D eigenvalue weighted by Gasteiger charge is 2.15. The lowest BCUT2D eigenvalue weighted by atomic mass is 10.2. The molecule has 4 aromatic rings. The summed E-state index contributed by atoms with van der Waals surface area (Å²) in [5, 5.41) is 19.4. The lowest BCUT2D eigenvalue weighted by molar-refractivity contribution is 0.102. The Morgan fingerprint density at radius 3 is 2.29 bits per heavy atom. The van der Waals surface area contributed by atoms with Crippen molar-refractivity contribution in [2.45, 2.75) is 6.92 Å². The Morgan fingerprint density at radius 1 is 0.968 bits per heavy atom. The van der Waals surface area contributed by atoms with Gasteiger partial charge in [0.25, 0.3) is 11.8 Å². The summed E-state index contributed by atoms with van der Waals surface area (Å²) in [7, 11) is 1.59. The van der Waals surface area contributed by atoms with Crippen LogP contribution >= 0.6 is 11.3 Å². The summed E-state index contributed by atoms with van der Waals surface area (Å²) in [6.07, 6.45) is 0. The molecule has 0 aliphatic carbocycles. The zero-order valence-electron chi connectivity index (χ0n) is 16.7. The van der Waals surface area contributed by atoms with E-state index in [1.807, 2.05) is 13.0 Å². The van der Waals surface area contributed by atoms with Gasteiger partial charge in [0.2, 0.25) is 5.82 Å². The maximum Gasteiger partial charge on any atom is 0.265 e. The normalized spacial score (nSPS) is 10.5. The summed E-state index contributed by atoms with van der Waals surface area (Å²) in [6.45, 7) is 1.88. The second-order valence-electron chi connectivity index (χ2n) is 6.57. The molecule has 3 N–H and O–H groups in total. The summed E-state index contributed by atoms with van der Waals surface area (Å²) in [4.78, 5) is 26.0. The molecule has 31 heavy (non-hydrogen) atoms. The van der Waals surface area contributed by atoms with Gasteiger partial charge in [-0.3, -0.25) is 9.59 Å². The van der Waals surface area contributed by atoms with Gasteiger partial charge in [-0.2, -0.15) is 5.21 Å². The molecule has 0 bridgehead atoms. The zero-order chi connectivity index (χ0) is 21.8. The number of ether oxygens (including phenoxy) is 1. The van der Waals surface area contributed by atoms with Crippen LogP contribution in [0.3, 0.4) is 0 Å². The average Bonchev–Trinajstić information content (AvgIpc) is 3.48. The summed E-state index contributed by atoms with van der Waals surface area (Å²) < 4.78 is 5.18. The van der Waals surface area contributed by atoms with Gasteiger partial charge >= 0.3 is 0 Å². The minimum absolute atomic E-state index is 0.276. The highest BCUT2D eigenvalue weighted by Crippen LogP contribution is 2.24. The van der Waals surface area contributed by atoms with Crippen molar-refractivity contribution < 1.29 is 14.3 Å². The minimum atomic E-state index is -0.294. The van der Waals surface area contributed by atoms with Crippen molar-refractivity contribution in [3.05, 3.63) is 69.9 Å². The first-order chi connectivity index (χ1) is 15.0. The molecule has 9 nitrogen and oxygen atoms in total. The third-order valence-electron chi connectivity index (χ3n) is 4.48. The second kappa shape index (κ2) is 8.76. The topological polar surface area (TPSA) is 122 Å². The van der Waals surface area contributed by atoms with Crippen molar-refractivity contribution in [3.63, 3.8) is 0 Å². The fraction of sp³-hybridized carbons (Fsp3) is 0.0952. The molecule has 0 atom stereocenters.